The van der Waals surface area contributed by atoms with Gasteiger partial charge in [0.2, 0.25) is 0 Å². The Morgan fingerprint density at radius 1 is 1.04 bits per heavy atom. The van der Waals surface area contributed by atoms with Gasteiger partial charge in [-0.2, -0.15) is 0 Å². The highest BCUT2D eigenvalue weighted by atomic mass is 32.2. The molecule has 1 aromatic carbocycles. The quantitative estimate of drug-likeness (QED) is 0.678. The fourth-order valence-corrected chi connectivity index (χ4v) is 4.48. The first-order valence-electron chi connectivity index (χ1n) is 8.29. The van der Waals surface area contributed by atoms with E-state index < -0.39 is 0 Å². The average Bonchev–Trinajstić information content (AvgIpc) is 2.93. The second-order valence-electron chi connectivity index (χ2n) is 6.34. The standard InChI is InChI=1S/C19H19N3O2S/c1-20-8-10-21(11-9-20)17-3-2-14-4-6-22-7-5-15(12-23)19(22)25-18(14)16(17)13-24/h2-7,12-13H,8-11H2,1H3. The monoisotopic (exact) mass is 353 g/mol. The molecule has 0 saturated carbocycles. The topological polar surface area (TPSA) is 45.6 Å². The van der Waals surface area contributed by atoms with Crippen LogP contribution >= 0.6 is 11.8 Å². The Morgan fingerprint density at radius 2 is 1.84 bits per heavy atom. The molecule has 1 saturated heterocycles. The van der Waals surface area contributed by atoms with Crippen molar-refractivity contribution in [3.8, 4) is 0 Å². The fraction of sp³-hybridized carbons (Fsp3) is 0.263. The number of aromatic nitrogens is 1. The van der Waals surface area contributed by atoms with Crippen molar-refractivity contribution >= 4 is 42.3 Å². The minimum absolute atomic E-state index is 0.643. The van der Waals surface area contributed by atoms with E-state index in [2.05, 4.69) is 22.9 Å². The molecule has 0 radical (unpaired) electrons. The van der Waals surface area contributed by atoms with Gasteiger partial charge in [0.15, 0.2) is 12.6 Å². The number of nitrogens with zero attached hydrogens (tertiary/aromatic N) is 3. The molecule has 1 fully saturated rings. The number of likely N-dealkylation sites (N-methyl/N-ethyl adjacent to an activating group) is 1. The number of aldehydes is 2. The molecule has 0 atom stereocenters. The van der Waals surface area contributed by atoms with E-state index in [1.807, 2.05) is 29.1 Å². The molecule has 6 heteroatoms. The Kier molecular flexibility index (Phi) is 4.23. The van der Waals surface area contributed by atoms with E-state index in [1.165, 1.54) is 11.8 Å². The normalized spacial score (nSPS) is 16.9. The summed E-state index contributed by atoms with van der Waals surface area (Å²) in [6, 6.07) is 5.90. The lowest BCUT2D eigenvalue weighted by Gasteiger charge is -2.35. The maximum absolute atomic E-state index is 12.0. The van der Waals surface area contributed by atoms with Crippen LogP contribution in [0.4, 0.5) is 5.69 Å². The van der Waals surface area contributed by atoms with Gasteiger partial charge in [-0.3, -0.25) is 9.59 Å². The number of hydrogen-bond acceptors (Lipinski definition) is 5. The molecular formula is C19H19N3O2S. The minimum atomic E-state index is 0.643. The summed E-state index contributed by atoms with van der Waals surface area (Å²) in [7, 11) is 2.12. The van der Waals surface area contributed by atoms with Gasteiger partial charge in [-0.05, 0) is 30.8 Å². The van der Waals surface area contributed by atoms with Crippen LogP contribution in [-0.2, 0) is 0 Å². The van der Waals surface area contributed by atoms with Crippen LogP contribution < -0.4 is 4.90 Å². The van der Waals surface area contributed by atoms with Crippen molar-refractivity contribution in [1.82, 2.24) is 9.47 Å². The molecule has 0 spiro atoms. The maximum Gasteiger partial charge on any atom is 0.153 e. The highest BCUT2D eigenvalue weighted by molar-refractivity contribution is 7.99. The molecule has 2 aliphatic heterocycles. The molecular weight excluding hydrogens is 334 g/mol. The van der Waals surface area contributed by atoms with Gasteiger partial charge in [0.1, 0.15) is 0 Å². The number of anilines is 1. The molecule has 4 rings (SSSR count). The van der Waals surface area contributed by atoms with Crippen molar-refractivity contribution in [2.75, 3.05) is 38.1 Å². The summed E-state index contributed by atoms with van der Waals surface area (Å²) in [6.07, 6.45) is 7.62. The Balaban J connectivity index is 1.79. The zero-order valence-electron chi connectivity index (χ0n) is 14.0. The van der Waals surface area contributed by atoms with E-state index >= 15 is 0 Å². The summed E-state index contributed by atoms with van der Waals surface area (Å²) in [5.41, 5.74) is 3.34. The smallest absolute Gasteiger partial charge is 0.153 e. The SMILES string of the molecule is CN1CCN(c2ccc3c(c2C=O)Sc2c(C=O)ccn2C=C3)CC1. The van der Waals surface area contributed by atoms with Crippen LogP contribution in [0, 0.1) is 0 Å². The summed E-state index contributed by atoms with van der Waals surface area (Å²) in [6.45, 7) is 3.79. The van der Waals surface area contributed by atoms with E-state index in [4.69, 9.17) is 0 Å². The van der Waals surface area contributed by atoms with Crippen LogP contribution in [0.2, 0.25) is 0 Å². The number of carbonyl (C=O) groups is 2. The molecule has 0 aliphatic carbocycles. The van der Waals surface area contributed by atoms with Crippen LogP contribution in [-0.4, -0.2) is 55.3 Å². The van der Waals surface area contributed by atoms with Crippen LogP contribution in [0.5, 0.6) is 0 Å². The molecule has 0 N–H and O–H groups in total. The van der Waals surface area contributed by atoms with Gasteiger partial charge in [0, 0.05) is 54.7 Å². The average molecular weight is 353 g/mol. The Labute approximate surface area is 150 Å². The third-order valence-corrected chi connectivity index (χ3v) is 6.10. The van der Waals surface area contributed by atoms with Gasteiger partial charge in [0.25, 0.3) is 0 Å². The van der Waals surface area contributed by atoms with E-state index in [1.54, 1.807) is 6.07 Å². The van der Waals surface area contributed by atoms with Crippen molar-refractivity contribution < 1.29 is 9.59 Å². The number of benzene rings is 1. The number of hydrogen-bond donors (Lipinski definition) is 0. The molecule has 2 aromatic rings. The van der Waals surface area contributed by atoms with E-state index in [9.17, 15) is 9.59 Å². The predicted molar refractivity (Wildman–Crippen MR) is 101 cm³/mol. The molecule has 128 valence electrons. The van der Waals surface area contributed by atoms with Crippen molar-refractivity contribution in [2.24, 2.45) is 0 Å². The van der Waals surface area contributed by atoms with Crippen molar-refractivity contribution in [1.29, 1.82) is 0 Å². The minimum Gasteiger partial charge on any atom is -0.368 e. The number of rotatable bonds is 3. The highest BCUT2D eigenvalue weighted by Crippen LogP contribution is 2.41. The van der Waals surface area contributed by atoms with E-state index in [0.29, 0.717) is 11.1 Å². The highest BCUT2D eigenvalue weighted by Gasteiger charge is 2.23. The van der Waals surface area contributed by atoms with Crippen LogP contribution in [0.3, 0.4) is 0 Å². The lowest BCUT2D eigenvalue weighted by molar-refractivity contribution is 0.111. The molecule has 1 aromatic heterocycles. The number of fused-ring (bicyclic) bond motifs is 2. The van der Waals surface area contributed by atoms with Crippen molar-refractivity contribution in [3.63, 3.8) is 0 Å². The molecule has 0 unspecified atom stereocenters. The van der Waals surface area contributed by atoms with Gasteiger partial charge >= 0.3 is 0 Å². The molecule has 0 bridgehead atoms. The van der Waals surface area contributed by atoms with Gasteiger partial charge < -0.3 is 14.4 Å². The van der Waals surface area contributed by atoms with Gasteiger partial charge in [-0.15, -0.1) is 0 Å². The summed E-state index contributed by atoms with van der Waals surface area (Å²) < 4.78 is 1.93. The van der Waals surface area contributed by atoms with Crippen LogP contribution in [0.15, 0.2) is 34.3 Å². The van der Waals surface area contributed by atoms with E-state index in [0.717, 1.165) is 59.9 Å². The second kappa shape index (κ2) is 6.54. The van der Waals surface area contributed by atoms with Crippen molar-refractivity contribution in [3.05, 3.63) is 41.1 Å². The van der Waals surface area contributed by atoms with Crippen molar-refractivity contribution in [2.45, 2.75) is 9.92 Å². The first kappa shape index (κ1) is 16.2. The lowest BCUT2D eigenvalue weighted by atomic mass is 10.1. The zero-order valence-corrected chi connectivity index (χ0v) is 14.8. The van der Waals surface area contributed by atoms with Crippen LogP contribution in [0.25, 0.3) is 12.3 Å². The summed E-state index contributed by atoms with van der Waals surface area (Å²) in [4.78, 5) is 28.8. The molecule has 3 heterocycles. The molecule has 2 aliphatic rings. The van der Waals surface area contributed by atoms with Gasteiger partial charge in [-0.1, -0.05) is 17.8 Å². The van der Waals surface area contributed by atoms with Crippen LogP contribution in [0.1, 0.15) is 26.3 Å². The predicted octanol–water partition coefficient (Wildman–Crippen LogP) is 2.96. The lowest BCUT2D eigenvalue weighted by Crippen LogP contribution is -2.44. The Bertz CT molecular complexity index is 864. The zero-order chi connectivity index (χ0) is 17.4. The number of carbonyl (C=O) groups excluding carboxylic acids is 2. The maximum atomic E-state index is 12.0. The Morgan fingerprint density at radius 3 is 2.56 bits per heavy atom. The van der Waals surface area contributed by atoms with E-state index in [-0.39, 0.29) is 0 Å². The summed E-state index contributed by atoms with van der Waals surface area (Å²) in [5, 5.41) is 0.851. The molecule has 0 amide bonds. The largest absolute Gasteiger partial charge is 0.368 e. The first-order chi connectivity index (χ1) is 12.2. The summed E-state index contributed by atoms with van der Waals surface area (Å²) in [5.74, 6) is 0. The third-order valence-electron chi connectivity index (χ3n) is 4.80. The molecule has 25 heavy (non-hydrogen) atoms. The second-order valence-corrected chi connectivity index (χ2v) is 7.34. The van der Waals surface area contributed by atoms with Gasteiger partial charge in [0.05, 0.1) is 10.6 Å². The van der Waals surface area contributed by atoms with Gasteiger partial charge in [-0.25, -0.2) is 0 Å². The fourth-order valence-electron chi connectivity index (χ4n) is 3.31. The first-order valence-corrected chi connectivity index (χ1v) is 9.10. The number of piperazine rings is 1. The summed E-state index contributed by atoms with van der Waals surface area (Å²) >= 11 is 1.49. The Hall–Kier alpha value is -2.31. The third kappa shape index (κ3) is 2.81. The molecule has 5 nitrogen and oxygen atoms in total.